The fourth-order valence-electron chi connectivity index (χ4n) is 1.60. The zero-order valence-electron chi connectivity index (χ0n) is 11.9. The van der Waals surface area contributed by atoms with E-state index >= 15 is 0 Å². The average Bonchev–Trinajstić information content (AvgIpc) is 3.15. The normalized spacial score (nSPS) is 10.6. The summed E-state index contributed by atoms with van der Waals surface area (Å²) in [5.74, 6) is -0.917. The number of carbonyl (C=O) groups excluding carboxylic acids is 1. The van der Waals surface area contributed by atoms with Gasteiger partial charge in [0.1, 0.15) is 5.82 Å². The molecule has 3 rings (SSSR count). The fraction of sp³-hybridized carbons (Fsp3) is 0.0769. The third kappa shape index (κ3) is 3.83. The SMILES string of the molecule is COC(=O)c1sc(Sc2nnc(Nc3ccccc3F)s2)nc1Cl. The van der Waals surface area contributed by atoms with Gasteiger partial charge in [0.05, 0.1) is 12.8 Å². The number of thiazole rings is 1. The number of aromatic nitrogens is 3. The third-order valence-electron chi connectivity index (χ3n) is 2.63. The van der Waals surface area contributed by atoms with E-state index in [-0.39, 0.29) is 15.8 Å². The first kappa shape index (κ1) is 17.1. The van der Waals surface area contributed by atoms with Gasteiger partial charge in [-0.05, 0) is 23.9 Å². The molecule has 11 heteroatoms. The van der Waals surface area contributed by atoms with Crippen LogP contribution in [0.2, 0.25) is 5.15 Å². The summed E-state index contributed by atoms with van der Waals surface area (Å²) in [7, 11) is 1.27. The van der Waals surface area contributed by atoms with E-state index in [1.165, 1.54) is 36.3 Å². The van der Waals surface area contributed by atoms with E-state index < -0.39 is 5.97 Å². The van der Waals surface area contributed by atoms with Gasteiger partial charge in [-0.25, -0.2) is 14.2 Å². The summed E-state index contributed by atoms with van der Waals surface area (Å²) in [6.45, 7) is 0. The standard InChI is InChI=1S/C13H8ClFN4O2S3/c1-21-10(20)8-9(14)17-12(22-8)24-13-19-18-11(23-13)16-7-5-3-2-4-6(7)15/h2-5H,1H3,(H,16,18). The maximum atomic E-state index is 13.6. The van der Waals surface area contributed by atoms with Crippen molar-refractivity contribution in [3.05, 3.63) is 40.1 Å². The smallest absolute Gasteiger partial charge is 0.351 e. The molecule has 3 aromatic rings. The topological polar surface area (TPSA) is 77.0 Å². The Balaban J connectivity index is 1.73. The molecule has 0 atom stereocenters. The predicted molar refractivity (Wildman–Crippen MR) is 92.2 cm³/mol. The Hall–Kier alpha value is -1.75. The number of esters is 1. The molecule has 24 heavy (non-hydrogen) atoms. The van der Waals surface area contributed by atoms with Gasteiger partial charge in [0.25, 0.3) is 0 Å². The van der Waals surface area contributed by atoms with Crippen molar-refractivity contribution in [1.82, 2.24) is 15.2 Å². The minimum atomic E-state index is -0.538. The lowest BCUT2D eigenvalue weighted by Crippen LogP contribution is -1.98. The number of hydrogen-bond acceptors (Lipinski definition) is 9. The molecule has 0 aliphatic heterocycles. The molecule has 0 saturated carbocycles. The molecule has 0 saturated heterocycles. The highest BCUT2D eigenvalue weighted by Crippen LogP contribution is 2.37. The summed E-state index contributed by atoms with van der Waals surface area (Å²) in [6.07, 6.45) is 0. The number of nitrogens with zero attached hydrogens (tertiary/aromatic N) is 3. The van der Waals surface area contributed by atoms with Crippen LogP contribution in [0.3, 0.4) is 0 Å². The first-order valence-electron chi connectivity index (χ1n) is 6.34. The van der Waals surface area contributed by atoms with Crippen molar-refractivity contribution >= 4 is 62.8 Å². The molecule has 0 aliphatic rings. The van der Waals surface area contributed by atoms with E-state index in [0.717, 1.165) is 11.3 Å². The molecular formula is C13H8ClFN4O2S3. The zero-order valence-corrected chi connectivity index (χ0v) is 15.2. The van der Waals surface area contributed by atoms with Crippen LogP contribution in [0.1, 0.15) is 9.67 Å². The lowest BCUT2D eigenvalue weighted by molar-refractivity contribution is 0.0606. The van der Waals surface area contributed by atoms with Crippen LogP contribution in [-0.4, -0.2) is 28.3 Å². The highest BCUT2D eigenvalue weighted by molar-refractivity contribution is 8.02. The number of rotatable bonds is 5. The van der Waals surface area contributed by atoms with Crippen molar-refractivity contribution in [3.63, 3.8) is 0 Å². The number of halogens is 2. The van der Waals surface area contributed by atoms with Gasteiger partial charge in [-0.3, -0.25) is 0 Å². The van der Waals surface area contributed by atoms with Gasteiger partial charge in [-0.2, -0.15) is 0 Å². The number of benzene rings is 1. The van der Waals surface area contributed by atoms with Crippen LogP contribution in [0.5, 0.6) is 0 Å². The Bertz CT molecular complexity index is 886. The van der Waals surface area contributed by atoms with Crippen LogP contribution in [0.25, 0.3) is 0 Å². The summed E-state index contributed by atoms with van der Waals surface area (Å²) < 4.78 is 19.4. The zero-order chi connectivity index (χ0) is 17.1. The van der Waals surface area contributed by atoms with Gasteiger partial charge in [0.15, 0.2) is 18.7 Å². The number of methoxy groups -OCH3 is 1. The van der Waals surface area contributed by atoms with Crippen molar-refractivity contribution < 1.29 is 13.9 Å². The lowest BCUT2D eigenvalue weighted by Gasteiger charge is -2.01. The largest absolute Gasteiger partial charge is 0.465 e. The van der Waals surface area contributed by atoms with Crippen LogP contribution in [0, 0.1) is 5.82 Å². The van der Waals surface area contributed by atoms with E-state index in [1.54, 1.807) is 18.2 Å². The van der Waals surface area contributed by atoms with Gasteiger partial charge in [-0.15, -0.1) is 10.2 Å². The molecule has 2 heterocycles. The van der Waals surface area contributed by atoms with Gasteiger partial charge in [-0.1, -0.05) is 46.4 Å². The van der Waals surface area contributed by atoms with Gasteiger partial charge in [0.2, 0.25) is 5.13 Å². The van der Waals surface area contributed by atoms with Crippen LogP contribution in [0.15, 0.2) is 32.9 Å². The second-order valence-corrected chi connectivity index (χ2v) is 8.00. The van der Waals surface area contributed by atoms with Gasteiger partial charge >= 0.3 is 5.97 Å². The predicted octanol–water partition coefficient (Wildman–Crippen LogP) is 4.47. The molecule has 0 spiro atoms. The summed E-state index contributed by atoms with van der Waals surface area (Å²) >= 11 is 9.46. The average molecular weight is 403 g/mol. The fourth-order valence-corrected chi connectivity index (χ4v) is 4.89. The molecule has 0 bridgehead atoms. The molecule has 124 valence electrons. The summed E-state index contributed by atoms with van der Waals surface area (Å²) in [5.41, 5.74) is 0.315. The number of ether oxygens (including phenoxy) is 1. The molecule has 2 aromatic heterocycles. The second kappa shape index (κ2) is 7.43. The maximum Gasteiger partial charge on any atom is 0.351 e. The summed E-state index contributed by atoms with van der Waals surface area (Å²) in [5, 5.41) is 11.3. The number of para-hydroxylation sites is 1. The van der Waals surface area contributed by atoms with Crippen molar-refractivity contribution in [2.24, 2.45) is 0 Å². The first-order valence-corrected chi connectivity index (χ1v) is 9.17. The highest BCUT2D eigenvalue weighted by Gasteiger charge is 2.19. The molecule has 0 unspecified atom stereocenters. The minimum Gasteiger partial charge on any atom is -0.465 e. The molecule has 0 amide bonds. The van der Waals surface area contributed by atoms with E-state index in [0.29, 0.717) is 19.5 Å². The first-order chi connectivity index (χ1) is 11.6. The number of nitrogens with one attached hydrogen (secondary N) is 1. The van der Waals surface area contributed by atoms with Gasteiger partial charge in [0, 0.05) is 0 Å². The van der Waals surface area contributed by atoms with E-state index in [1.807, 2.05) is 0 Å². The van der Waals surface area contributed by atoms with E-state index in [9.17, 15) is 9.18 Å². The number of hydrogen-bond donors (Lipinski definition) is 1. The molecule has 1 N–H and O–H groups in total. The Morgan fingerprint density at radius 2 is 2.08 bits per heavy atom. The van der Waals surface area contributed by atoms with E-state index in [2.05, 4.69) is 25.2 Å². The van der Waals surface area contributed by atoms with Crippen LogP contribution >= 0.6 is 46.0 Å². The van der Waals surface area contributed by atoms with Crippen LogP contribution < -0.4 is 5.32 Å². The summed E-state index contributed by atoms with van der Waals surface area (Å²) in [6, 6.07) is 6.28. The molecule has 6 nitrogen and oxygen atoms in total. The van der Waals surface area contributed by atoms with E-state index in [4.69, 9.17) is 11.6 Å². The third-order valence-corrected chi connectivity index (χ3v) is 6.00. The summed E-state index contributed by atoms with van der Waals surface area (Å²) in [4.78, 5) is 15.8. The minimum absolute atomic E-state index is 0.0866. The maximum absolute atomic E-state index is 13.6. The van der Waals surface area contributed by atoms with Crippen LogP contribution in [-0.2, 0) is 4.74 Å². The number of carbonyl (C=O) groups is 1. The molecule has 0 radical (unpaired) electrons. The van der Waals surface area contributed by atoms with Crippen molar-refractivity contribution in [2.45, 2.75) is 8.68 Å². The van der Waals surface area contributed by atoms with Crippen molar-refractivity contribution in [3.8, 4) is 0 Å². The monoisotopic (exact) mass is 402 g/mol. The Morgan fingerprint density at radius 3 is 2.83 bits per heavy atom. The van der Waals surface area contributed by atoms with Crippen molar-refractivity contribution in [1.29, 1.82) is 0 Å². The highest BCUT2D eigenvalue weighted by atomic mass is 35.5. The Morgan fingerprint density at radius 1 is 1.29 bits per heavy atom. The number of anilines is 2. The quantitative estimate of drug-likeness (QED) is 0.631. The molecule has 1 aromatic carbocycles. The molecule has 0 aliphatic carbocycles. The van der Waals surface area contributed by atoms with Crippen molar-refractivity contribution in [2.75, 3.05) is 12.4 Å². The Kier molecular flexibility index (Phi) is 5.29. The molecular weight excluding hydrogens is 395 g/mol. The van der Waals surface area contributed by atoms with Gasteiger partial charge < -0.3 is 10.1 Å². The lowest BCUT2D eigenvalue weighted by atomic mass is 10.3. The Labute approximate surface area is 153 Å². The molecule has 0 fully saturated rings. The second-order valence-electron chi connectivity index (χ2n) is 4.17. The van der Waals surface area contributed by atoms with Crippen LogP contribution in [0.4, 0.5) is 15.2 Å².